The fourth-order valence-electron chi connectivity index (χ4n) is 0.941. The lowest BCUT2D eigenvalue weighted by Crippen LogP contribution is -2.54. The van der Waals surface area contributed by atoms with Crippen LogP contribution >= 0.6 is 0 Å². The number of rotatable bonds is 0. The quantitative estimate of drug-likeness (QED) is 0.580. The smallest absolute Gasteiger partial charge is 0.201 e. The van der Waals surface area contributed by atoms with Gasteiger partial charge in [0.2, 0.25) is 11.7 Å². The van der Waals surface area contributed by atoms with Crippen LogP contribution in [0.1, 0.15) is 0 Å². The topological polar surface area (TPSA) is 0 Å². The van der Waals surface area contributed by atoms with Gasteiger partial charge in [0.1, 0.15) is 0 Å². The Hall–Kier alpha value is -1.22. The molecule has 0 nitrogen and oxygen atoms in total. The molecule has 0 saturated heterocycles. The Morgan fingerprint density at radius 1 is 0.529 bits per heavy atom. The van der Waals surface area contributed by atoms with E-state index in [4.69, 9.17) is 0 Å². The van der Waals surface area contributed by atoms with Gasteiger partial charge in [-0.05, 0) is 0 Å². The molecule has 0 unspecified atom stereocenters. The lowest BCUT2D eigenvalue weighted by Gasteiger charge is -2.29. The predicted molar refractivity (Wildman–Crippen MR) is 33.3 cm³/mol. The van der Waals surface area contributed by atoms with E-state index >= 15 is 0 Å². The van der Waals surface area contributed by atoms with Gasteiger partial charge in [0.25, 0.3) is 0 Å². The Labute approximate surface area is 86.2 Å². The van der Waals surface area contributed by atoms with Crippen molar-refractivity contribution in [3.05, 3.63) is 23.3 Å². The van der Waals surface area contributed by atoms with Crippen molar-refractivity contribution in [2.75, 3.05) is 0 Å². The molecular weight excluding hydrogens is 274 g/mol. The molecule has 0 spiro atoms. The molecule has 0 bridgehead atoms. The highest BCUT2D eigenvalue weighted by molar-refractivity contribution is 5.37. The first-order valence-corrected chi connectivity index (χ1v) is 3.64. The molecular formula is C7F10. The summed E-state index contributed by atoms with van der Waals surface area (Å²) in [5, 5.41) is 0. The van der Waals surface area contributed by atoms with Crippen molar-refractivity contribution in [3.63, 3.8) is 0 Å². The van der Waals surface area contributed by atoms with Crippen LogP contribution in [-0.2, 0) is 0 Å². The van der Waals surface area contributed by atoms with Crippen LogP contribution in [0.3, 0.4) is 0 Å². The first kappa shape index (κ1) is 13.8. The van der Waals surface area contributed by atoms with E-state index < -0.39 is 41.1 Å². The van der Waals surface area contributed by atoms with Crippen molar-refractivity contribution in [2.45, 2.75) is 17.8 Å². The standard InChI is InChI=1S/C7F10/c8-1-2(9)4(11)6(14,15)7(16,17)5(12,13)3(1)10. The molecule has 17 heavy (non-hydrogen) atoms. The summed E-state index contributed by atoms with van der Waals surface area (Å²) in [4.78, 5) is 0. The SMILES string of the molecule is FC1=C(F)C(F)(F)C(F)(F)C(F)(F)C(F)=C1F. The van der Waals surface area contributed by atoms with Gasteiger partial charge < -0.3 is 0 Å². The lowest BCUT2D eigenvalue weighted by molar-refractivity contribution is -0.290. The highest BCUT2D eigenvalue weighted by Gasteiger charge is 2.78. The maximum Gasteiger partial charge on any atom is 0.385 e. The predicted octanol–water partition coefficient (Wildman–Crippen LogP) is 4.21. The third-order valence-electron chi connectivity index (χ3n) is 1.92. The van der Waals surface area contributed by atoms with E-state index in [0.29, 0.717) is 0 Å². The largest absolute Gasteiger partial charge is 0.385 e. The first-order chi connectivity index (χ1) is 7.39. The van der Waals surface area contributed by atoms with Crippen LogP contribution in [0.2, 0.25) is 0 Å². The molecule has 0 aliphatic heterocycles. The van der Waals surface area contributed by atoms with Gasteiger partial charge in [0.05, 0.1) is 0 Å². The van der Waals surface area contributed by atoms with E-state index in [-0.39, 0.29) is 0 Å². The Kier molecular flexibility index (Phi) is 2.76. The highest BCUT2D eigenvalue weighted by Crippen LogP contribution is 2.56. The van der Waals surface area contributed by atoms with E-state index in [1.807, 2.05) is 0 Å². The van der Waals surface area contributed by atoms with Crippen LogP contribution in [0.5, 0.6) is 0 Å². The van der Waals surface area contributed by atoms with Crippen LogP contribution < -0.4 is 0 Å². The highest BCUT2D eigenvalue weighted by atomic mass is 19.4. The molecule has 0 atom stereocenters. The van der Waals surface area contributed by atoms with Gasteiger partial charge in [0, 0.05) is 0 Å². The molecule has 1 aliphatic carbocycles. The lowest BCUT2D eigenvalue weighted by atomic mass is 10.0. The second-order valence-corrected chi connectivity index (χ2v) is 2.98. The molecule has 1 rings (SSSR count). The molecule has 0 aromatic rings. The molecule has 0 amide bonds. The minimum absolute atomic E-state index is 3.43. The Morgan fingerprint density at radius 3 is 1.00 bits per heavy atom. The summed E-state index contributed by atoms with van der Waals surface area (Å²) in [6, 6.07) is 0. The Morgan fingerprint density at radius 2 is 0.765 bits per heavy atom. The fraction of sp³-hybridized carbons (Fsp3) is 0.429. The minimum Gasteiger partial charge on any atom is -0.201 e. The molecule has 0 heterocycles. The molecule has 1 aliphatic rings. The third-order valence-corrected chi connectivity index (χ3v) is 1.92. The number of halogens is 10. The van der Waals surface area contributed by atoms with Crippen LogP contribution in [0.4, 0.5) is 43.9 Å². The summed E-state index contributed by atoms with van der Waals surface area (Å²) in [6.45, 7) is 0. The van der Waals surface area contributed by atoms with Gasteiger partial charge in [-0.25, -0.2) is 17.6 Å². The van der Waals surface area contributed by atoms with Crippen LogP contribution in [0.15, 0.2) is 23.3 Å². The van der Waals surface area contributed by atoms with Crippen molar-refractivity contribution in [2.24, 2.45) is 0 Å². The van der Waals surface area contributed by atoms with Crippen molar-refractivity contribution in [1.29, 1.82) is 0 Å². The van der Waals surface area contributed by atoms with E-state index in [1.165, 1.54) is 0 Å². The summed E-state index contributed by atoms with van der Waals surface area (Å²) >= 11 is 0. The Balaban J connectivity index is 3.71. The average molecular weight is 274 g/mol. The van der Waals surface area contributed by atoms with E-state index in [9.17, 15) is 43.9 Å². The molecule has 0 N–H and O–H groups in total. The van der Waals surface area contributed by atoms with Crippen LogP contribution in [0.25, 0.3) is 0 Å². The normalized spacial score (nSPS) is 27.2. The summed E-state index contributed by atoms with van der Waals surface area (Å²) in [6.07, 6.45) is 0. The van der Waals surface area contributed by atoms with Gasteiger partial charge in [0.15, 0.2) is 11.7 Å². The van der Waals surface area contributed by atoms with Gasteiger partial charge >= 0.3 is 17.8 Å². The Bertz CT molecular complexity index is 376. The zero-order valence-corrected chi connectivity index (χ0v) is 7.28. The zero-order chi connectivity index (χ0) is 13.8. The molecule has 0 saturated carbocycles. The maximum atomic E-state index is 12.5. The fourth-order valence-corrected chi connectivity index (χ4v) is 0.941. The zero-order valence-electron chi connectivity index (χ0n) is 7.28. The van der Waals surface area contributed by atoms with E-state index in [0.717, 1.165) is 0 Å². The summed E-state index contributed by atoms with van der Waals surface area (Å²) in [5.41, 5.74) is 0. The minimum atomic E-state index is -6.65. The van der Waals surface area contributed by atoms with Crippen LogP contribution in [0, 0.1) is 0 Å². The van der Waals surface area contributed by atoms with E-state index in [2.05, 4.69) is 0 Å². The van der Waals surface area contributed by atoms with Crippen molar-refractivity contribution in [1.82, 2.24) is 0 Å². The van der Waals surface area contributed by atoms with E-state index in [1.54, 1.807) is 0 Å². The molecule has 0 aromatic carbocycles. The van der Waals surface area contributed by atoms with Gasteiger partial charge in [-0.15, -0.1) is 0 Å². The number of alkyl halides is 6. The average Bonchev–Trinajstić information content (AvgIpc) is 2.24. The summed E-state index contributed by atoms with van der Waals surface area (Å²) in [5.74, 6) is -33.9. The van der Waals surface area contributed by atoms with Gasteiger partial charge in [-0.3, -0.25) is 0 Å². The number of hydrogen-bond donors (Lipinski definition) is 0. The maximum absolute atomic E-state index is 12.5. The summed E-state index contributed by atoms with van der Waals surface area (Å²) in [7, 11) is 0. The third kappa shape index (κ3) is 1.45. The van der Waals surface area contributed by atoms with Crippen molar-refractivity contribution < 1.29 is 43.9 Å². The molecule has 98 valence electrons. The molecule has 10 heteroatoms. The van der Waals surface area contributed by atoms with Gasteiger partial charge in [-0.2, -0.15) is 26.3 Å². The molecule has 0 radical (unpaired) electrons. The number of hydrogen-bond acceptors (Lipinski definition) is 0. The second kappa shape index (κ2) is 3.39. The monoisotopic (exact) mass is 274 g/mol. The summed E-state index contributed by atoms with van der Waals surface area (Å²) < 4.78 is 124. The number of allylic oxidation sites excluding steroid dienone is 4. The molecule has 0 aromatic heterocycles. The van der Waals surface area contributed by atoms with Crippen LogP contribution in [-0.4, -0.2) is 17.8 Å². The van der Waals surface area contributed by atoms with Crippen molar-refractivity contribution in [3.8, 4) is 0 Å². The van der Waals surface area contributed by atoms with Crippen molar-refractivity contribution >= 4 is 0 Å². The second-order valence-electron chi connectivity index (χ2n) is 2.98. The first-order valence-electron chi connectivity index (χ1n) is 3.64. The molecule has 0 fully saturated rings. The van der Waals surface area contributed by atoms with Gasteiger partial charge in [-0.1, -0.05) is 0 Å².